The first-order valence-electron chi connectivity index (χ1n) is 9.03. The number of halogens is 1. The van der Waals surface area contributed by atoms with Crippen LogP contribution in [0, 0.1) is 5.92 Å². The zero-order chi connectivity index (χ0) is 18.6. The zero-order valence-electron chi connectivity index (χ0n) is 14.8. The molecule has 1 atom stereocenters. The molecule has 1 amide bonds. The molecule has 0 saturated carbocycles. The van der Waals surface area contributed by atoms with Gasteiger partial charge >= 0.3 is 0 Å². The molecular formula is C20H20BrN5O. The number of piperidine rings is 1. The first kappa shape index (κ1) is 17.9. The summed E-state index contributed by atoms with van der Waals surface area (Å²) in [5.41, 5.74) is 3.50. The minimum Gasteiger partial charge on any atom is -0.369 e. The Morgan fingerprint density at radius 2 is 2.00 bits per heavy atom. The maximum absolute atomic E-state index is 12.6. The largest absolute Gasteiger partial charge is 0.369 e. The standard InChI is InChI=1S/C20H20BrN5O/c21-16-5-3-14(4-6-16)11-25-20(27)15-2-1-9-26(13-15)17-10-18-19(24-12-17)23-8-7-22-18/h3-8,10,12,15H,1-2,9,11,13H2,(H,25,27)/t15-/m1/s1. The fourth-order valence-corrected chi connectivity index (χ4v) is 3.65. The molecule has 1 fully saturated rings. The van der Waals surface area contributed by atoms with E-state index >= 15 is 0 Å². The second kappa shape index (κ2) is 8.00. The molecule has 1 N–H and O–H groups in total. The maximum Gasteiger partial charge on any atom is 0.225 e. The highest BCUT2D eigenvalue weighted by Crippen LogP contribution is 2.24. The Bertz CT molecular complexity index is 947. The molecule has 6 nitrogen and oxygen atoms in total. The van der Waals surface area contributed by atoms with Crippen LogP contribution in [0.5, 0.6) is 0 Å². The Labute approximate surface area is 166 Å². The predicted molar refractivity (Wildman–Crippen MR) is 108 cm³/mol. The van der Waals surface area contributed by atoms with E-state index in [0.717, 1.165) is 40.6 Å². The Morgan fingerprint density at radius 3 is 2.85 bits per heavy atom. The van der Waals surface area contributed by atoms with Crippen LogP contribution in [0.1, 0.15) is 18.4 Å². The number of aromatic nitrogens is 3. The van der Waals surface area contributed by atoms with Gasteiger partial charge in [0.25, 0.3) is 0 Å². The van der Waals surface area contributed by atoms with Crippen molar-refractivity contribution in [3.63, 3.8) is 0 Å². The van der Waals surface area contributed by atoms with Crippen molar-refractivity contribution in [3.05, 3.63) is 59.0 Å². The Morgan fingerprint density at radius 1 is 1.19 bits per heavy atom. The van der Waals surface area contributed by atoms with Crippen molar-refractivity contribution in [1.82, 2.24) is 20.3 Å². The summed E-state index contributed by atoms with van der Waals surface area (Å²) in [6.45, 7) is 2.17. The third-order valence-corrected chi connectivity index (χ3v) is 5.38. The van der Waals surface area contributed by atoms with Crippen LogP contribution in [0.15, 0.2) is 53.4 Å². The Hall–Kier alpha value is -2.54. The fraction of sp³-hybridized carbons (Fsp3) is 0.300. The molecule has 1 saturated heterocycles. The maximum atomic E-state index is 12.6. The molecule has 0 bridgehead atoms. The van der Waals surface area contributed by atoms with Crippen LogP contribution in [0.4, 0.5) is 5.69 Å². The first-order valence-corrected chi connectivity index (χ1v) is 9.82. The van der Waals surface area contributed by atoms with Gasteiger partial charge in [-0.25, -0.2) is 9.97 Å². The number of benzene rings is 1. The molecule has 0 aliphatic carbocycles. The monoisotopic (exact) mass is 425 g/mol. The highest BCUT2D eigenvalue weighted by Gasteiger charge is 2.26. The lowest BCUT2D eigenvalue weighted by Gasteiger charge is -2.33. The molecular weight excluding hydrogens is 406 g/mol. The first-order chi connectivity index (χ1) is 13.2. The zero-order valence-corrected chi connectivity index (χ0v) is 16.4. The van der Waals surface area contributed by atoms with Gasteiger partial charge in [-0.05, 0) is 36.6 Å². The van der Waals surface area contributed by atoms with Gasteiger partial charge in [-0.1, -0.05) is 28.1 Å². The van der Waals surface area contributed by atoms with E-state index in [-0.39, 0.29) is 11.8 Å². The quantitative estimate of drug-likeness (QED) is 0.693. The van der Waals surface area contributed by atoms with E-state index in [1.165, 1.54) is 0 Å². The van der Waals surface area contributed by atoms with Gasteiger partial charge in [0.1, 0.15) is 5.52 Å². The number of rotatable bonds is 4. The number of nitrogens with zero attached hydrogens (tertiary/aromatic N) is 4. The summed E-state index contributed by atoms with van der Waals surface area (Å²) in [5, 5.41) is 3.07. The van der Waals surface area contributed by atoms with Crippen molar-refractivity contribution in [2.45, 2.75) is 19.4 Å². The van der Waals surface area contributed by atoms with Crippen molar-refractivity contribution >= 4 is 38.7 Å². The number of nitrogens with one attached hydrogen (secondary N) is 1. The molecule has 3 aromatic rings. The lowest BCUT2D eigenvalue weighted by Crippen LogP contribution is -2.43. The highest BCUT2D eigenvalue weighted by atomic mass is 79.9. The van der Waals surface area contributed by atoms with Crippen molar-refractivity contribution in [2.24, 2.45) is 5.92 Å². The molecule has 138 valence electrons. The van der Waals surface area contributed by atoms with Crippen LogP contribution < -0.4 is 10.2 Å². The lowest BCUT2D eigenvalue weighted by molar-refractivity contribution is -0.125. The van der Waals surface area contributed by atoms with Gasteiger partial charge in [0, 0.05) is 36.5 Å². The summed E-state index contributed by atoms with van der Waals surface area (Å²) in [4.78, 5) is 27.8. The van der Waals surface area contributed by atoms with Crippen LogP contribution in [0.2, 0.25) is 0 Å². The molecule has 2 aromatic heterocycles. The number of fused-ring (bicyclic) bond motifs is 1. The number of pyridine rings is 1. The van der Waals surface area contributed by atoms with Gasteiger partial charge < -0.3 is 10.2 Å². The summed E-state index contributed by atoms with van der Waals surface area (Å²) in [7, 11) is 0. The third kappa shape index (κ3) is 4.24. The van der Waals surface area contributed by atoms with Crippen molar-refractivity contribution in [1.29, 1.82) is 0 Å². The van der Waals surface area contributed by atoms with E-state index in [2.05, 4.69) is 41.1 Å². The van der Waals surface area contributed by atoms with E-state index in [1.54, 1.807) is 12.4 Å². The van der Waals surface area contributed by atoms with Gasteiger partial charge in [-0.15, -0.1) is 0 Å². The average Bonchev–Trinajstić information content (AvgIpc) is 2.73. The number of carbonyl (C=O) groups excluding carboxylic acids is 1. The van der Waals surface area contributed by atoms with E-state index in [4.69, 9.17) is 0 Å². The Balaban J connectivity index is 1.40. The SMILES string of the molecule is O=C(NCc1ccc(Br)cc1)[C@@H]1CCCN(c2cnc3nccnc3c2)C1. The van der Waals surface area contributed by atoms with Crippen molar-refractivity contribution in [3.8, 4) is 0 Å². The topological polar surface area (TPSA) is 71.0 Å². The molecule has 1 aliphatic rings. The van der Waals surface area contributed by atoms with Crippen LogP contribution in [-0.2, 0) is 11.3 Å². The highest BCUT2D eigenvalue weighted by molar-refractivity contribution is 9.10. The normalized spacial score (nSPS) is 17.1. The summed E-state index contributed by atoms with van der Waals surface area (Å²) in [6, 6.07) is 10.00. The van der Waals surface area contributed by atoms with Gasteiger partial charge in [0.05, 0.1) is 17.8 Å². The van der Waals surface area contributed by atoms with Gasteiger partial charge in [0.2, 0.25) is 5.91 Å². The number of carbonyl (C=O) groups is 1. The molecule has 27 heavy (non-hydrogen) atoms. The van der Waals surface area contributed by atoms with Crippen LogP contribution in [0.25, 0.3) is 11.2 Å². The van der Waals surface area contributed by atoms with Crippen LogP contribution in [-0.4, -0.2) is 33.9 Å². The number of anilines is 1. The van der Waals surface area contributed by atoms with E-state index < -0.39 is 0 Å². The molecule has 3 heterocycles. The molecule has 0 unspecified atom stereocenters. The molecule has 0 spiro atoms. The second-order valence-electron chi connectivity index (χ2n) is 6.72. The van der Waals surface area contributed by atoms with E-state index in [0.29, 0.717) is 18.7 Å². The molecule has 1 aromatic carbocycles. The van der Waals surface area contributed by atoms with Gasteiger partial charge in [-0.3, -0.25) is 9.78 Å². The third-order valence-electron chi connectivity index (χ3n) is 4.85. The summed E-state index contributed by atoms with van der Waals surface area (Å²) in [5.74, 6) is 0.0860. The fourth-order valence-electron chi connectivity index (χ4n) is 3.38. The predicted octanol–water partition coefficient (Wildman–Crippen LogP) is 3.32. The van der Waals surface area contributed by atoms with Crippen molar-refractivity contribution in [2.75, 3.05) is 18.0 Å². The summed E-state index contributed by atoms with van der Waals surface area (Å²) < 4.78 is 1.04. The van der Waals surface area contributed by atoms with Gasteiger partial charge in [-0.2, -0.15) is 0 Å². The summed E-state index contributed by atoms with van der Waals surface area (Å²) in [6.07, 6.45) is 7.02. The van der Waals surface area contributed by atoms with Crippen LogP contribution in [0.3, 0.4) is 0 Å². The smallest absolute Gasteiger partial charge is 0.225 e. The molecule has 7 heteroatoms. The molecule has 4 rings (SSSR count). The molecule has 0 radical (unpaired) electrons. The number of hydrogen-bond acceptors (Lipinski definition) is 5. The number of amides is 1. The minimum absolute atomic E-state index is 0.0215. The van der Waals surface area contributed by atoms with Crippen molar-refractivity contribution < 1.29 is 4.79 Å². The number of hydrogen-bond donors (Lipinski definition) is 1. The molecule has 1 aliphatic heterocycles. The minimum atomic E-state index is -0.0215. The van der Waals surface area contributed by atoms with E-state index in [9.17, 15) is 4.79 Å². The second-order valence-corrected chi connectivity index (χ2v) is 7.64. The van der Waals surface area contributed by atoms with Gasteiger partial charge in [0.15, 0.2) is 5.65 Å². The average molecular weight is 426 g/mol. The van der Waals surface area contributed by atoms with E-state index in [1.807, 2.05) is 36.5 Å². The lowest BCUT2D eigenvalue weighted by atomic mass is 9.96. The Kier molecular flexibility index (Phi) is 5.29. The van der Waals surface area contributed by atoms with Crippen LogP contribution >= 0.6 is 15.9 Å². The summed E-state index contributed by atoms with van der Waals surface area (Å²) >= 11 is 3.43.